The second-order valence-electron chi connectivity index (χ2n) is 11.2. The Morgan fingerprint density at radius 2 is 1.23 bits per heavy atom. The van der Waals surface area contributed by atoms with Gasteiger partial charge in [0.25, 0.3) is 11.1 Å². The van der Waals surface area contributed by atoms with Crippen LogP contribution < -0.4 is 11.1 Å². The lowest BCUT2D eigenvalue weighted by Gasteiger charge is -2.19. The molecule has 0 radical (unpaired) electrons. The Kier molecular flexibility index (Phi) is 10.7. The highest BCUT2D eigenvalue weighted by molar-refractivity contribution is 5.35. The Labute approximate surface area is 248 Å². The van der Waals surface area contributed by atoms with Crippen molar-refractivity contribution in [3.63, 3.8) is 0 Å². The Bertz CT molecular complexity index is 1710. The molecule has 11 heteroatoms. The molecule has 2 N–H and O–H groups in total. The van der Waals surface area contributed by atoms with Crippen molar-refractivity contribution in [2.45, 2.75) is 86.9 Å². The number of aryl methyl sites for hydroxylation is 2. The summed E-state index contributed by atoms with van der Waals surface area (Å²) in [6.07, 6.45) is -0.858. The van der Waals surface area contributed by atoms with Crippen LogP contribution in [0.5, 0.6) is 0 Å². The smallest absolute Gasteiger partial charge is 0.270 e. The van der Waals surface area contributed by atoms with Gasteiger partial charge in [0, 0.05) is 47.6 Å². The van der Waals surface area contributed by atoms with Gasteiger partial charge in [0.15, 0.2) is 23.3 Å². The zero-order valence-corrected chi connectivity index (χ0v) is 26.1. The number of ether oxygens (including phenoxy) is 1. The number of aromatic nitrogens is 4. The van der Waals surface area contributed by atoms with E-state index in [-0.39, 0.29) is 58.5 Å². The fourth-order valence-corrected chi connectivity index (χ4v) is 5.04. The lowest BCUT2D eigenvalue weighted by atomic mass is 9.99. The Morgan fingerprint density at radius 1 is 0.721 bits per heavy atom. The van der Waals surface area contributed by atoms with Gasteiger partial charge in [-0.3, -0.25) is 29.2 Å². The molecule has 1 atom stereocenters. The minimum absolute atomic E-state index is 0.0325. The van der Waals surface area contributed by atoms with E-state index in [0.29, 0.717) is 16.8 Å². The number of nitrogens with zero attached hydrogens (tertiary/aromatic N) is 2. The maximum Gasteiger partial charge on any atom is 0.270 e. The van der Waals surface area contributed by atoms with Gasteiger partial charge in [-0.15, -0.1) is 0 Å². The van der Waals surface area contributed by atoms with Crippen molar-refractivity contribution in [2.75, 3.05) is 6.61 Å². The normalized spacial score (nSPS) is 12.2. The molecule has 4 aromatic rings. The third-order valence-corrected chi connectivity index (χ3v) is 7.45. The van der Waals surface area contributed by atoms with E-state index >= 15 is 0 Å². The molecule has 43 heavy (non-hydrogen) atoms. The van der Waals surface area contributed by atoms with E-state index < -0.39 is 29.4 Å². The molecule has 2 heterocycles. The summed E-state index contributed by atoms with van der Waals surface area (Å²) in [4.78, 5) is 24.3. The molecule has 2 aromatic carbocycles. The summed E-state index contributed by atoms with van der Waals surface area (Å²) in [6, 6.07) is 6.16. The van der Waals surface area contributed by atoms with Crippen LogP contribution >= 0.6 is 0 Å². The van der Waals surface area contributed by atoms with Crippen LogP contribution in [0.2, 0.25) is 0 Å². The first-order chi connectivity index (χ1) is 20.1. The summed E-state index contributed by atoms with van der Waals surface area (Å²) < 4.78 is 64.8. The van der Waals surface area contributed by atoms with E-state index in [9.17, 15) is 27.2 Å². The Balaban J connectivity index is 0.000000238. The minimum Gasteiger partial charge on any atom is -0.369 e. The second-order valence-corrected chi connectivity index (χ2v) is 11.2. The second kappa shape index (κ2) is 13.6. The van der Waals surface area contributed by atoms with Gasteiger partial charge in [0.05, 0.1) is 5.56 Å². The fourth-order valence-electron chi connectivity index (χ4n) is 5.04. The van der Waals surface area contributed by atoms with E-state index in [2.05, 4.69) is 10.2 Å². The molecule has 4 rings (SSSR count). The van der Waals surface area contributed by atoms with E-state index in [4.69, 9.17) is 4.74 Å². The van der Waals surface area contributed by atoms with Crippen LogP contribution in [-0.4, -0.2) is 26.2 Å². The third-order valence-electron chi connectivity index (χ3n) is 7.45. The van der Waals surface area contributed by atoms with Gasteiger partial charge >= 0.3 is 0 Å². The molecule has 0 aliphatic rings. The van der Waals surface area contributed by atoms with Crippen LogP contribution in [0.4, 0.5) is 17.6 Å². The highest BCUT2D eigenvalue weighted by atomic mass is 19.2. The van der Waals surface area contributed by atoms with Gasteiger partial charge in [0.2, 0.25) is 0 Å². The number of hydrogen-bond acceptors (Lipinski definition) is 3. The predicted molar refractivity (Wildman–Crippen MR) is 159 cm³/mol. The number of H-pyrrole nitrogens is 2. The average Bonchev–Trinajstić information content (AvgIpc) is 3.41. The molecule has 0 saturated carbocycles. The molecular weight excluding hydrogens is 564 g/mol. The number of halogens is 4. The van der Waals surface area contributed by atoms with Crippen molar-refractivity contribution in [1.29, 1.82) is 0 Å². The number of aromatic amines is 2. The molecule has 234 valence electrons. The quantitative estimate of drug-likeness (QED) is 0.212. The summed E-state index contributed by atoms with van der Waals surface area (Å²) >= 11 is 0. The van der Waals surface area contributed by atoms with Crippen LogP contribution in [0.1, 0.15) is 97.6 Å². The first kappa shape index (κ1) is 33.6. The molecule has 7 nitrogen and oxygen atoms in total. The van der Waals surface area contributed by atoms with Crippen molar-refractivity contribution in [2.24, 2.45) is 0 Å². The van der Waals surface area contributed by atoms with Gasteiger partial charge in [-0.1, -0.05) is 24.3 Å². The van der Waals surface area contributed by atoms with Gasteiger partial charge in [-0.2, -0.15) is 0 Å². The maximum absolute atomic E-state index is 14.4. The van der Waals surface area contributed by atoms with Crippen molar-refractivity contribution in [1.82, 2.24) is 19.6 Å². The van der Waals surface area contributed by atoms with Gasteiger partial charge < -0.3 is 4.74 Å². The lowest BCUT2D eigenvalue weighted by molar-refractivity contribution is 0.0869. The predicted octanol–water partition coefficient (Wildman–Crippen LogP) is 7.02. The molecule has 0 spiro atoms. The van der Waals surface area contributed by atoms with E-state index in [1.54, 1.807) is 30.1 Å². The van der Waals surface area contributed by atoms with Crippen LogP contribution in [0.25, 0.3) is 0 Å². The minimum atomic E-state index is -0.973. The van der Waals surface area contributed by atoms with E-state index in [0.717, 1.165) is 5.69 Å². The van der Waals surface area contributed by atoms with Crippen molar-refractivity contribution < 1.29 is 22.3 Å². The standard InChI is InChI=1S/C17H22F2N2O2.C15H18F2N2O/c1-6-23-16(12-8-7-10(4)14(18)15(12)19)13-11(5)21(9(2)3)20-17(13)22;1-8(2)19-10(4)12(15(20)18-19)7-11-6-5-9(3)13(16)14(11)17/h7-9,16H,6H2,1-5H3,(H,20,22);5-6,8H,7H2,1-4H3,(H,18,20). The molecule has 0 bridgehead atoms. The number of rotatable bonds is 8. The molecule has 0 fully saturated rings. The largest absolute Gasteiger partial charge is 0.369 e. The molecule has 0 saturated heterocycles. The highest BCUT2D eigenvalue weighted by Crippen LogP contribution is 2.31. The number of nitrogens with one attached hydrogen (secondary N) is 2. The van der Waals surface area contributed by atoms with Crippen molar-refractivity contribution >= 4 is 0 Å². The molecular formula is C32H40F4N4O3. The van der Waals surface area contributed by atoms with Gasteiger partial charge in [-0.05, 0) is 79.0 Å². The average molecular weight is 605 g/mol. The molecule has 0 amide bonds. The monoisotopic (exact) mass is 604 g/mol. The molecule has 2 aromatic heterocycles. The maximum atomic E-state index is 14.4. The Morgan fingerprint density at radius 3 is 1.74 bits per heavy atom. The lowest BCUT2D eigenvalue weighted by Crippen LogP contribution is -2.17. The molecule has 1 unspecified atom stereocenters. The summed E-state index contributed by atoms with van der Waals surface area (Å²) in [5, 5.41) is 5.45. The van der Waals surface area contributed by atoms with Crippen LogP contribution in [0.3, 0.4) is 0 Å². The Hall–Kier alpha value is -3.86. The zero-order valence-electron chi connectivity index (χ0n) is 26.1. The first-order valence-electron chi connectivity index (χ1n) is 14.2. The summed E-state index contributed by atoms with van der Waals surface area (Å²) in [5.74, 6) is -3.61. The SMILES string of the molecule is CCOC(c1ccc(C)c(F)c1F)c1c(C)n(C(C)C)[nH]c1=O.Cc1ccc(Cc2c(C)n(C(C)C)[nH]c2=O)c(F)c1F. The summed E-state index contributed by atoms with van der Waals surface area (Å²) in [7, 11) is 0. The topological polar surface area (TPSA) is 84.8 Å². The van der Waals surface area contributed by atoms with Crippen LogP contribution in [0.15, 0.2) is 33.9 Å². The van der Waals surface area contributed by atoms with Crippen LogP contribution in [-0.2, 0) is 11.2 Å². The van der Waals surface area contributed by atoms with E-state index in [1.807, 2.05) is 27.7 Å². The van der Waals surface area contributed by atoms with Crippen molar-refractivity contribution in [3.05, 3.63) is 113 Å². The first-order valence-corrected chi connectivity index (χ1v) is 14.2. The van der Waals surface area contributed by atoms with E-state index in [1.165, 1.54) is 38.1 Å². The fraction of sp³-hybridized carbons (Fsp3) is 0.438. The summed E-state index contributed by atoms with van der Waals surface area (Å²) in [5.41, 5.74) is 2.29. The number of benzene rings is 2. The molecule has 0 aliphatic heterocycles. The van der Waals surface area contributed by atoms with Crippen molar-refractivity contribution in [3.8, 4) is 0 Å². The zero-order chi connectivity index (χ0) is 32.3. The van der Waals surface area contributed by atoms with Gasteiger partial charge in [-0.25, -0.2) is 17.6 Å². The summed E-state index contributed by atoms with van der Waals surface area (Å²) in [6.45, 7) is 16.3. The third kappa shape index (κ3) is 6.87. The number of hydrogen-bond donors (Lipinski definition) is 2. The van der Waals surface area contributed by atoms with Gasteiger partial charge in [0.1, 0.15) is 6.10 Å². The highest BCUT2D eigenvalue weighted by Gasteiger charge is 2.28. The van der Waals surface area contributed by atoms with Crippen LogP contribution in [0, 0.1) is 51.0 Å². The molecule has 0 aliphatic carbocycles.